The van der Waals surface area contributed by atoms with Crippen LogP contribution in [0.4, 0.5) is 0 Å². The summed E-state index contributed by atoms with van der Waals surface area (Å²) in [5, 5.41) is 0.555. The molecule has 0 radical (unpaired) electrons. The topological polar surface area (TPSA) is 72.3 Å². The standard InChI is InChI=1S/C8H7Br2N3OS/c9-5-1-4(2-6(10)3-5)7(14)13(12)8(11)15/h1-3H,12H2,(H2,11,15). The molecular formula is C8H7Br2N3OS. The average Bonchev–Trinajstić information content (AvgIpc) is 2.13. The number of carbonyl (C=O) groups excluding carboxylic acids is 1. The van der Waals surface area contributed by atoms with E-state index >= 15 is 0 Å². The van der Waals surface area contributed by atoms with Crippen LogP contribution in [-0.2, 0) is 0 Å². The molecular weight excluding hydrogens is 346 g/mol. The number of rotatable bonds is 1. The van der Waals surface area contributed by atoms with E-state index in [1.807, 2.05) is 0 Å². The van der Waals surface area contributed by atoms with E-state index < -0.39 is 5.91 Å². The first-order valence-corrected chi connectivity index (χ1v) is 5.76. The molecule has 0 bridgehead atoms. The fourth-order valence-corrected chi connectivity index (χ4v) is 2.29. The SMILES string of the molecule is NC(=S)N(N)C(=O)c1cc(Br)cc(Br)c1. The Bertz CT molecular complexity index is 404. The van der Waals surface area contributed by atoms with Crippen LogP contribution in [0.25, 0.3) is 0 Å². The molecule has 0 heterocycles. The van der Waals surface area contributed by atoms with Crippen LogP contribution in [0.2, 0.25) is 0 Å². The Hall–Kier alpha value is -0.500. The van der Waals surface area contributed by atoms with Crippen molar-refractivity contribution in [1.82, 2.24) is 5.01 Å². The maximum Gasteiger partial charge on any atom is 0.274 e. The van der Waals surface area contributed by atoms with E-state index in [-0.39, 0.29) is 5.11 Å². The van der Waals surface area contributed by atoms with Crippen molar-refractivity contribution in [2.24, 2.45) is 11.6 Å². The van der Waals surface area contributed by atoms with E-state index in [0.29, 0.717) is 5.56 Å². The Morgan fingerprint density at radius 1 is 1.27 bits per heavy atom. The molecule has 0 saturated heterocycles. The molecule has 0 aromatic heterocycles. The molecule has 0 unspecified atom stereocenters. The molecule has 0 aliphatic rings. The zero-order chi connectivity index (χ0) is 11.6. The maximum absolute atomic E-state index is 11.7. The average molecular weight is 353 g/mol. The number of benzene rings is 1. The van der Waals surface area contributed by atoms with Gasteiger partial charge in [0.15, 0.2) is 5.11 Å². The summed E-state index contributed by atoms with van der Waals surface area (Å²) < 4.78 is 1.52. The van der Waals surface area contributed by atoms with Crippen molar-refractivity contribution in [1.29, 1.82) is 0 Å². The summed E-state index contributed by atoms with van der Waals surface area (Å²) >= 11 is 11.1. The van der Waals surface area contributed by atoms with Gasteiger partial charge in [-0.05, 0) is 30.4 Å². The monoisotopic (exact) mass is 351 g/mol. The highest BCUT2D eigenvalue weighted by atomic mass is 79.9. The lowest BCUT2D eigenvalue weighted by Crippen LogP contribution is -2.45. The van der Waals surface area contributed by atoms with Crippen LogP contribution in [-0.4, -0.2) is 16.0 Å². The molecule has 4 nitrogen and oxygen atoms in total. The second kappa shape index (κ2) is 5.02. The molecule has 0 aliphatic carbocycles. The molecule has 1 rings (SSSR count). The zero-order valence-corrected chi connectivity index (χ0v) is 11.4. The highest BCUT2D eigenvalue weighted by Crippen LogP contribution is 2.20. The van der Waals surface area contributed by atoms with Gasteiger partial charge in [0.25, 0.3) is 5.91 Å². The number of nitrogens with two attached hydrogens (primary N) is 2. The number of hydrazine groups is 1. The molecule has 1 aromatic rings. The summed E-state index contributed by atoms with van der Waals surface area (Å²) in [6, 6.07) is 5.06. The first-order chi connectivity index (χ1) is 6.91. The lowest BCUT2D eigenvalue weighted by atomic mass is 10.2. The van der Waals surface area contributed by atoms with Crippen LogP contribution in [0, 0.1) is 0 Å². The Labute approximate surface area is 109 Å². The van der Waals surface area contributed by atoms with E-state index in [4.69, 9.17) is 11.6 Å². The number of halogens is 2. The van der Waals surface area contributed by atoms with Gasteiger partial charge in [-0.3, -0.25) is 4.79 Å². The minimum atomic E-state index is -0.454. The summed E-state index contributed by atoms with van der Waals surface area (Å²) in [6.07, 6.45) is 0. The minimum Gasteiger partial charge on any atom is -0.375 e. The highest BCUT2D eigenvalue weighted by Gasteiger charge is 2.15. The molecule has 0 saturated carbocycles. The van der Waals surface area contributed by atoms with Crippen molar-refractivity contribution in [2.75, 3.05) is 0 Å². The number of thiocarbonyl (C=S) groups is 1. The van der Waals surface area contributed by atoms with Gasteiger partial charge >= 0.3 is 0 Å². The molecule has 1 aromatic carbocycles. The highest BCUT2D eigenvalue weighted by molar-refractivity contribution is 9.11. The number of hydrogen-bond donors (Lipinski definition) is 2. The molecule has 0 fully saturated rings. The normalized spacial score (nSPS) is 9.80. The van der Waals surface area contributed by atoms with Crippen LogP contribution in [0.15, 0.2) is 27.1 Å². The minimum absolute atomic E-state index is 0.170. The van der Waals surface area contributed by atoms with Crippen LogP contribution in [0.1, 0.15) is 10.4 Å². The van der Waals surface area contributed by atoms with Crippen LogP contribution in [0.5, 0.6) is 0 Å². The molecule has 4 N–H and O–H groups in total. The third kappa shape index (κ3) is 3.23. The molecule has 0 atom stereocenters. The Morgan fingerprint density at radius 3 is 2.13 bits per heavy atom. The number of hydrogen-bond acceptors (Lipinski definition) is 3. The van der Waals surface area contributed by atoms with Crippen molar-refractivity contribution in [3.63, 3.8) is 0 Å². The summed E-state index contributed by atoms with van der Waals surface area (Å²) in [5.74, 6) is 4.92. The van der Waals surface area contributed by atoms with Crippen LogP contribution < -0.4 is 11.6 Å². The second-order valence-corrected chi connectivity index (χ2v) is 4.92. The molecule has 80 valence electrons. The third-order valence-corrected chi connectivity index (χ3v) is 2.68. The van der Waals surface area contributed by atoms with Crippen molar-refractivity contribution in [3.05, 3.63) is 32.7 Å². The predicted octanol–water partition coefficient (Wildman–Crippen LogP) is 1.77. The van der Waals surface area contributed by atoms with Gasteiger partial charge in [0.05, 0.1) is 0 Å². The van der Waals surface area contributed by atoms with E-state index in [9.17, 15) is 4.79 Å². The van der Waals surface area contributed by atoms with E-state index in [1.165, 1.54) is 0 Å². The lowest BCUT2D eigenvalue weighted by molar-refractivity contribution is 0.0848. The van der Waals surface area contributed by atoms with Gasteiger partial charge in [0.2, 0.25) is 0 Å². The summed E-state index contributed by atoms with van der Waals surface area (Å²) in [7, 11) is 0. The van der Waals surface area contributed by atoms with E-state index in [2.05, 4.69) is 44.1 Å². The largest absolute Gasteiger partial charge is 0.375 e. The first-order valence-electron chi connectivity index (χ1n) is 3.76. The molecule has 0 aliphatic heterocycles. The zero-order valence-electron chi connectivity index (χ0n) is 7.41. The number of nitrogens with zero attached hydrogens (tertiary/aromatic N) is 1. The fourth-order valence-electron chi connectivity index (χ4n) is 0.916. The maximum atomic E-state index is 11.7. The second-order valence-electron chi connectivity index (χ2n) is 2.67. The molecule has 1 amide bonds. The van der Waals surface area contributed by atoms with Gasteiger partial charge in [0.1, 0.15) is 0 Å². The lowest BCUT2D eigenvalue weighted by Gasteiger charge is -2.14. The quantitative estimate of drug-likeness (QED) is 0.349. The Balaban J connectivity index is 3.06. The van der Waals surface area contributed by atoms with Crippen molar-refractivity contribution < 1.29 is 4.79 Å². The Kier molecular flexibility index (Phi) is 4.21. The Morgan fingerprint density at radius 2 is 1.73 bits per heavy atom. The molecule has 7 heteroatoms. The van der Waals surface area contributed by atoms with Crippen LogP contribution in [0.3, 0.4) is 0 Å². The fraction of sp³-hybridized carbons (Fsp3) is 0. The van der Waals surface area contributed by atoms with Crippen LogP contribution >= 0.6 is 44.1 Å². The van der Waals surface area contributed by atoms with Gasteiger partial charge in [-0.1, -0.05) is 31.9 Å². The number of carbonyl (C=O) groups is 1. The summed E-state index contributed by atoms with van der Waals surface area (Å²) in [4.78, 5) is 11.7. The van der Waals surface area contributed by atoms with Gasteiger partial charge in [-0.2, -0.15) is 0 Å². The first kappa shape index (κ1) is 12.6. The number of amides is 1. The van der Waals surface area contributed by atoms with Gasteiger partial charge in [0, 0.05) is 14.5 Å². The summed E-state index contributed by atoms with van der Waals surface area (Å²) in [5.41, 5.74) is 5.63. The van der Waals surface area contributed by atoms with Gasteiger partial charge in [-0.15, -0.1) is 0 Å². The third-order valence-electron chi connectivity index (χ3n) is 1.57. The van der Waals surface area contributed by atoms with E-state index in [1.54, 1.807) is 18.2 Å². The van der Waals surface area contributed by atoms with Gasteiger partial charge < -0.3 is 5.73 Å². The van der Waals surface area contributed by atoms with Gasteiger partial charge in [-0.25, -0.2) is 10.9 Å². The summed E-state index contributed by atoms with van der Waals surface area (Å²) in [6.45, 7) is 0. The van der Waals surface area contributed by atoms with Crippen molar-refractivity contribution in [2.45, 2.75) is 0 Å². The van der Waals surface area contributed by atoms with E-state index in [0.717, 1.165) is 14.0 Å². The smallest absolute Gasteiger partial charge is 0.274 e. The van der Waals surface area contributed by atoms with Crippen molar-refractivity contribution in [3.8, 4) is 0 Å². The predicted molar refractivity (Wildman–Crippen MR) is 69.0 cm³/mol. The molecule has 0 spiro atoms. The van der Waals surface area contributed by atoms with Crippen molar-refractivity contribution >= 4 is 55.1 Å². The molecule has 15 heavy (non-hydrogen) atoms.